The number of alkyl halides is 4. The van der Waals surface area contributed by atoms with Crippen LogP contribution >= 0.6 is 50.7 Å². The van der Waals surface area contributed by atoms with E-state index in [1.165, 1.54) is 0 Å². The lowest BCUT2D eigenvalue weighted by molar-refractivity contribution is 0.397. The highest BCUT2D eigenvalue weighted by molar-refractivity contribution is 9.09. The highest BCUT2D eigenvalue weighted by Gasteiger charge is 2.28. The van der Waals surface area contributed by atoms with Gasteiger partial charge in [-0.2, -0.15) is 0 Å². The molecule has 0 unspecified atom stereocenters. The van der Waals surface area contributed by atoms with E-state index in [0.717, 1.165) is 16.9 Å². The van der Waals surface area contributed by atoms with Crippen molar-refractivity contribution in [2.45, 2.75) is 3.79 Å². The predicted molar refractivity (Wildman–Crippen MR) is 114 cm³/mol. The molecule has 0 saturated carbocycles. The first-order chi connectivity index (χ1) is 13.0. The number of ether oxygens (including phenoxy) is 1. The van der Waals surface area contributed by atoms with Crippen LogP contribution in [0.2, 0.25) is 0 Å². The molecule has 8 heteroatoms. The molecule has 0 N–H and O–H groups in total. The number of aromatic nitrogens is 3. The molecule has 138 valence electrons. The normalized spacial score (nSPS) is 11.7. The topological polar surface area (TPSA) is 47.9 Å². The Morgan fingerprint density at radius 3 is 2.30 bits per heavy atom. The van der Waals surface area contributed by atoms with Crippen molar-refractivity contribution >= 4 is 62.9 Å². The van der Waals surface area contributed by atoms with E-state index in [1.807, 2.05) is 60.7 Å². The average molecular weight is 486 g/mol. The summed E-state index contributed by atoms with van der Waals surface area (Å²) in [6, 6.07) is 17.0. The maximum Gasteiger partial charge on any atom is 0.250 e. The van der Waals surface area contributed by atoms with Crippen LogP contribution in [0.3, 0.4) is 0 Å². The molecule has 1 heterocycles. The molecule has 3 aromatic rings. The van der Waals surface area contributed by atoms with Gasteiger partial charge in [0, 0.05) is 11.1 Å². The fourth-order valence-electron chi connectivity index (χ4n) is 2.28. The number of hydrogen-bond donors (Lipinski definition) is 0. The molecule has 0 aliphatic carbocycles. The quantitative estimate of drug-likeness (QED) is 0.400. The minimum atomic E-state index is -1.76. The van der Waals surface area contributed by atoms with Crippen molar-refractivity contribution in [3.8, 4) is 17.1 Å². The highest BCUT2D eigenvalue weighted by Crippen LogP contribution is 2.36. The molecule has 2 aromatic carbocycles. The number of hydrogen-bond acceptors (Lipinski definition) is 4. The zero-order chi connectivity index (χ0) is 19.3. The van der Waals surface area contributed by atoms with Gasteiger partial charge in [0.1, 0.15) is 11.3 Å². The maximum absolute atomic E-state index is 6.00. The summed E-state index contributed by atoms with van der Waals surface area (Å²) in [5, 5.41) is 0. The molecule has 0 atom stereocenters. The zero-order valence-electron chi connectivity index (χ0n) is 13.8. The number of nitrogens with zero attached hydrogens (tertiary/aromatic N) is 3. The van der Waals surface area contributed by atoms with Crippen LogP contribution in [-0.4, -0.2) is 20.5 Å². The summed E-state index contributed by atoms with van der Waals surface area (Å²) in [6.07, 6.45) is 3.56. The summed E-state index contributed by atoms with van der Waals surface area (Å²) in [5.74, 6) is 1.59. The van der Waals surface area contributed by atoms with Gasteiger partial charge < -0.3 is 4.74 Å². The SMILES string of the molecule is ClC(Cl)(Cl)c1nc(C=Cc2ccccc2OCBr)nc(-c2ccccc2)n1. The van der Waals surface area contributed by atoms with Gasteiger partial charge in [-0.25, -0.2) is 15.0 Å². The summed E-state index contributed by atoms with van der Waals surface area (Å²) in [5.41, 5.74) is 2.06. The van der Waals surface area contributed by atoms with Crippen molar-refractivity contribution in [3.05, 3.63) is 71.8 Å². The number of benzene rings is 2. The minimum absolute atomic E-state index is 0.0611. The summed E-state index contributed by atoms with van der Waals surface area (Å²) in [4.78, 5) is 13.0. The lowest BCUT2D eigenvalue weighted by Gasteiger charge is -2.11. The molecule has 4 nitrogen and oxygen atoms in total. The molecule has 0 aliphatic heterocycles. The monoisotopic (exact) mass is 483 g/mol. The van der Waals surface area contributed by atoms with Gasteiger partial charge in [-0.3, -0.25) is 0 Å². The Hall–Kier alpha value is -1.66. The van der Waals surface area contributed by atoms with Crippen LogP contribution < -0.4 is 4.74 Å². The van der Waals surface area contributed by atoms with E-state index in [-0.39, 0.29) is 5.82 Å². The third-order valence-corrected chi connectivity index (χ3v) is 4.22. The summed E-state index contributed by atoms with van der Waals surface area (Å²) in [7, 11) is 0. The van der Waals surface area contributed by atoms with Gasteiger partial charge in [-0.1, -0.05) is 83.3 Å². The van der Waals surface area contributed by atoms with Crippen LogP contribution in [0.4, 0.5) is 0 Å². The van der Waals surface area contributed by atoms with Crippen LogP contribution in [0, 0.1) is 0 Å². The van der Waals surface area contributed by atoms with E-state index in [2.05, 4.69) is 30.9 Å². The Balaban J connectivity index is 2.02. The lowest BCUT2D eigenvalue weighted by Crippen LogP contribution is -2.11. The van der Waals surface area contributed by atoms with Gasteiger partial charge in [0.05, 0.1) is 0 Å². The van der Waals surface area contributed by atoms with E-state index >= 15 is 0 Å². The van der Waals surface area contributed by atoms with Gasteiger partial charge >= 0.3 is 0 Å². The average Bonchev–Trinajstić information content (AvgIpc) is 2.67. The number of para-hydroxylation sites is 1. The molecular formula is C19H13BrCl3N3O. The second-order valence-electron chi connectivity index (χ2n) is 5.33. The maximum atomic E-state index is 6.00. The van der Waals surface area contributed by atoms with Gasteiger partial charge in [-0.15, -0.1) is 0 Å². The van der Waals surface area contributed by atoms with E-state index in [1.54, 1.807) is 6.08 Å². The van der Waals surface area contributed by atoms with Gasteiger partial charge in [0.15, 0.2) is 17.5 Å². The molecule has 27 heavy (non-hydrogen) atoms. The first kappa shape index (κ1) is 20.1. The molecule has 0 fully saturated rings. The van der Waals surface area contributed by atoms with Crippen LogP contribution in [0.15, 0.2) is 54.6 Å². The smallest absolute Gasteiger partial charge is 0.250 e. The molecule has 0 saturated heterocycles. The van der Waals surface area contributed by atoms with E-state index in [0.29, 0.717) is 17.2 Å². The molecule has 1 aromatic heterocycles. The van der Waals surface area contributed by atoms with Crippen LogP contribution in [0.5, 0.6) is 5.75 Å². The van der Waals surface area contributed by atoms with Crippen molar-refractivity contribution < 1.29 is 4.74 Å². The molecule has 0 aliphatic rings. The van der Waals surface area contributed by atoms with Crippen LogP contribution in [0.25, 0.3) is 23.5 Å². The first-order valence-electron chi connectivity index (χ1n) is 7.82. The molecule has 0 bridgehead atoms. The third kappa shape index (κ3) is 5.42. The zero-order valence-corrected chi connectivity index (χ0v) is 17.7. The number of halogens is 4. The second-order valence-corrected chi connectivity index (χ2v) is 8.07. The predicted octanol–water partition coefficient (Wildman–Crippen LogP) is 6.27. The molecule has 0 spiro atoms. The van der Waals surface area contributed by atoms with E-state index in [9.17, 15) is 0 Å². The van der Waals surface area contributed by atoms with Crippen molar-refractivity contribution in [2.24, 2.45) is 0 Å². The minimum Gasteiger partial charge on any atom is -0.482 e. The van der Waals surface area contributed by atoms with Crippen LogP contribution in [-0.2, 0) is 3.79 Å². The van der Waals surface area contributed by atoms with Crippen molar-refractivity contribution in [1.29, 1.82) is 0 Å². The summed E-state index contributed by atoms with van der Waals surface area (Å²) in [6.45, 7) is 0. The third-order valence-electron chi connectivity index (χ3n) is 3.48. The van der Waals surface area contributed by atoms with Crippen molar-refractivity contribution in [2.75, 3.05) is 5.52 Å². The Kier molecular flexibility index (Phi) is 6.71. The Morgan fingerprint density at radius 2 is 1.59 bits per heavy atom. The molecule has 0 radical (unpaired) electrons. The summed E-state index contributed by atoms with van der Waals surface area (Å²) >= 11 is 21.3. The fourth-order valence-corrected chi connectivity index (χ4v) is 2.78. The second kappa shape index (κ2) is 9.02. The highest BCUT2D eigenvalue weighted by atomic mass is 79.9. The summed E-state index contributed by atoms with van der Waals surface area (Å²) < 4.78 is 3.79. The van der Waals surface area contributed by atoms with Crippen molar-refractivity contribution in [3.63, 3.8) is 0 Å². The Bertz CT molecular complexity index is 946. The fraction of sp³-hybridized carbons (Fsp3) is 0.105. The van der Waals surface area contributed by atoms with Gasteiger partial charge in [-0.05, 0) is 34.1 Å². The molecule has 0 amide bonds. The van der Waals surface area contributed by atoms with Gasteiger partial charge in [0.25, 0.3) is 0 Å². The van der Waals surface area contributed by atoms with Gasteiger partial charge in [0.2, 0.25) is 3.79 Å². The molecule has 3 rings (SSSR count). The van der Waals surface area contributed by atoms with E-state index in [4.69, 9.17) is 39.5 Å². The Labute approximate surface area is 180 Å². The first-order valence-corrected chi connectivity index (χ1v) is 10.1. The van der Waals surface area contributed by atoms with Crippen LogP contribution in [0.1, 0.15) is 17.2 Å². The van der Waals surface area contributed by atoms with E-state index < -0.39 is 3.79 Å². The lowest BCUT2D eigenvalue weighted by atomic mass is 10.2. The Morgan fingerprint density at radius 1 is 0.889 bits per heavy atom. The standard InChI is InChI=1S/C19H13BrCl3N3O/c20-12-27-15-9-5-4-6-13(15)10-11-16-24-17(14-7-2-1-3-8-14)26-18(25-16)19(21,22)23/h1-11H,12H2. The molecular weight excluding hydrogens is 472 g/mol. The largest absolute Gasteiger partial charge is 0.482 e. The van der Waals surface area contributed by atoms with Crippen molar-refractivity contribution in [1.82, 2.24) is 15.0 Å². The number of rotatable bonds is 5.